The monoisotopic (exact) mass is 375 g/mol. The van der Waals surface area contributed by atoms with Gasteiger partial charge in [-0.15, -0.1) is 22.7 Å². The van der Waals surface area contributed by atoms with Crippen LogP contribution in [0.5, 0.6) is 0 Å². The number of amides is 3. The molecule has 3 rings (SSSR count). The highest BCUT2D eigenvalue weighted by Crippen LogP contribution is 2.28. The number of alkyl carbamates (subject to hydrolysis) is 1. The van der Waals surface area contributed by atoms with E-state index in [-0.39, 0.29) is 18.1 Å². The molecule has 0 saturated heterocycles. The van der Waals surface area contributed by atoms with Gasteiger partial charge in [0.05, 0.1) is 17.0 Å². The Labute approximate surface area is 150 Å². The lowest BCUT2D eigenvalue weighted by atomic mass is 10.3. The summed E-state index contributed by atoms with van der Waals surface area (Å²) < 4.78 is 5.63. The fraction of sp³-hybridized carbons (Fsp3) is 0.125. The van der Waals surface area contributed by atoms with Crippen molar-refractivity contribution in [2.45, 2.75) is 6.92 Å². The molecular weight excluding hydrogens is 362 g/mol. The van der Waals surface area contributed by atoms with Crippen molar-refractivity contribution in [3.05, 3.63) is 46.4 Å². The Morgan fingerprint density at radius 2 is 2.08 bits per heavy atom. The van der Waals surface area contributed by atoms with Crippen molar-refractivity contribution in [3.63, 3.8) is 0 Å². The van der Waals surface area contributed by atoms with Gasteiger partial charge >= 0.3 is 6.09 Å². The van der Waals surface area contributed by atoms with Crippen LogP contribution in [0.2, 0.25) is 0 Å². The number of anilines is 1. The summed E-state index contributed by atoms with van der Waals surface area (Å²) in [4.78, 5) is 40.4. The van der Waals surface area contributed by atoms with Gasteiger partial charge in [0.15, 0.2) is 0 Å². The van der Waals surface area contributed by atoms with Crippen molar-refractivity contribution >= 4 is 55.7 Å². The van der Waals surface area contributed by atoms with Crippen LogP contribution in [0, 0.1) is 0 Å². The quantitative estimate of drug-likeness (QED) is 0.727. The highest BCUT2D eigenvalue weighted by Gasteiger charge is 2.19. The van der Waals surface area contributed by atoms with Gasteiger partial charge in [-0.2, -0.15) is 0 Å². The second kappa shape index (κ2) is 7.41. The maximum atomic E-state index is 12.4. The second-order valence-electron chi connectivity index (χ2n) is 4.82. The normalized spacial score (nSPS) is 10.4. The third-order valence-corrected chi connectivity index (χ3v) is 5.11. The van der Waals surface area contributed by atoms with E-state index < -0.39 is 12.0 Å². The van der Waals surface area contributed by atoms with E-state index in [1.807, 2.05) is 6.07 Å². The number of hydrogen-bond donors (Lipinski definition) is 2. The van der Waals surface area contributed by atoms with Crippen molar-refractivity contribution in [2.24, 2.45) is 0 Å². The molecule has 128 valence electrons. The molecule has 0 radical (unpaired) electrons. The van der Waals surface area contributed by atoms with E-state index in [0.717, 1.165) is 10.1 Å². The first-order valence-corrected chi connectivity index (χ1v) is 8.98. The fourth-order valence-corrected chi connectivity index (χ4v) is 3.78. The van der Waals surface area contributed by atoms with Crippen LogP contribution in [-0.4, -0.2) is 29.5 Å². The lowest BCUT2D eigenvalue weighted by Crippen LogP contribution is -2.31. The predicted octanol–water partition coefficient (Wildman–Crippen LogP) is 3.50. The first-order chi connectivity index (χ1) is 12.1. The van der Waals surface area contributed by atoms with Crippen LogP contribution in [0.3, 0.4) is 0 Å². The van der Waals surface area contributed by atoms with Gasteiger partial charge in [0, 0.05) is 22.5 Å². The number of rotatable bonds is 4. The summed E-state index contributed by atoms with van der Waals surface area (Å²) in [5.74, 6) is -0.954. The van der Waals surface area contributed by atoms with E-state index >= 15 is 0 Å². The Hall–Kier alpha value is -2.78. The summed E-state index contributed by atoms with van der Waals surface area (Å²) in [6, 6.07) is 5.11. The predicted molar refractivity (Wildman–Crippen MR) is 96.4 cm³/mol. The van der Waals surface area contributed by atoms with Crippen LogP contribution in [-0.2, 0) is 4.74 Å². The Morgan fingerprint density at radius 3 is 2.84 bits per heavy atom. The Morgan fingerprint density at radius 1 is 1.24 bits per heavy atom. The number of pyridine rings is 1. The van der Waals surface area contributed by atoms with Crippen LogP contribution in [0.4, 0.5) is 9.80 Å². The summed E-state index contributed by atoms with van der Waals surface area (Å²) in [7, 11) is 0. The van der Waals surface area contributed by atoms with Crippen LogP contribution >= 0.6 is 22.7 Å². The number of aromatic nitrogens is 1. The van der Waals surface area contributed by atoms with Crippen molar-refractivity contribution in [2.75, 3.05) is 11.9 Å². The van der Waals surface area contributed by atoms with Gasteiger partial charge in [0.25, 0.3) is 11.8 Å². The molecule has 2 N–H and O–H groups in total. The zero-order chi connectivity index (χ0) is 17.8. The van der Waals surface area contributed by atoms with Crippen LogP contribution in [0.15, 0.2) is 36.0 Å². The number of thiophene rings is 2. The van der Waals surface area contributed by atoms with Gasteiger partial charge < -0.3 is 10.1 Å². The summed E-state index contributed by atoms with van der Waals surface area (Å²) in [6.07, 6.45) is 2.52. The maximum Gasteiger partial charge on any atom is 0.414 e. The number of nitrogens with zero attached hydrogens (tertiary/aromatic N) is 1. The molecule has 0 bridgehead atoms. The van der Waals surface area contributed by atoms with E-state index in [0.29, 0.717) is 9.88 Å². The van der Waals surface area contributed by atoms with E-state index in [9.17, 15) is 14.4 Å². The maximum absolute atomic E-state index is 12.4. The zero-order valence-corrected chi connectivity index (χ0v) is 14.7. The average Bonchev–Trinajstić information content (AvgIpc) is 3.21. The van der Waals surface area contributed by atoms with E-state index in [1.165, 1.54) is 28.7 Å². The first-order valence-electron chi connectivity index (χ1n) is 7.29. The average molecular weight is 375 g/mol. The summed E-state index contributed by atoms with van der Waals surface area (Å²) in [5, 5.41) is 7.72. The molecule has 3 heterocycles. The highest BCUT2D eigenvalue weighted by atomic mass is 32.1. The molecule has 0 fully saturated rings. The smallest absolute Gasteiger partial charge is 0.414 e. The first kappa shape index (κ1) is 17.1. The molecule has 0 aliphatic heterocycles. The summed E-state index contributed by atoms with van der Waals surface area (Å²) in [5.41, 5.74) is 0.203. The number of carbonyl (C=O) groups is 3. The van der Waals surface area contributed by atoms with E-state index in [4.69, 9.17) is 0 Å². The Balaban J connectivity index is 1.75. The van der Waals surface area contributed by atoms with Crippen molar-refractivity contribution in [1.29, 1.82) is 0 Å². The Bertz CT molecular complexity index is 915. The van der Waals surface area contributed by atoms with Gasteiger partial charge in [-0.25, -0.2) is 4.79 Å². The largest absolute Gasteiger partial charge is 0.450 e. The molecule has 3 aromatic rings. The third kappa shape index (κ3) is 3.83. The second-order valence-corrected chi connectivity index (χ2v) is 6.82. The highest BCUT2D eigenvalue weighted by molar-refractivity contribution is 7.21. The molecular formula is C16H13N3O4S2. The number of nitrogens with one attached hydrogen (secondary N) is 2. The standard InChI is InChI=1S/C16H13N3O4S2/c1-2-23-16(22)19-13(20)10-4-6-24-15(10)18-14(21)12-7-9-8-17-5-3-11(9)25-12/h3-8H,2H2,1H3,(H,18,21)(H,19,20,22). The van der Waals surface area contributed by atoms with Gasteiger partial charge in [-0.1, -0.05) is 0 Å². The third-order valence-electron chi connectivity index (χ3n) is 3.17. The molecule has 0 aliphatic rings. The Kier molecular flexibility index (Phi) is 5.05. The van der Waals surface area contributed by atoms with Crippen molar-refractivity contribution in [3.8, 4) is 0 Å². The van der Waals surface area contributed by atoms with Gasteiger partial charge in [0.1, 0.15) is 5.00 Å². The van der Waals surface area contributed by atoms with Crippen LogP contribution in [0.25, 0.3) is 10.1 Å². The minimum atomic E-state index is -0.826. The number of carbonyl (C=O) groups excluding carboxylic acids is 3. The van der Waals surface area contributed by atoms with Gasteiger partial charge in [-0.05, 0) is 30.5 Å². The molecule has 0 aliphatic carbocycles. The molecule has 0 spiro atoms. The van der Waals surface area contributed by atoms with E-state index in [2.05, 4.69) is 20.4 Å². The minimum Gasteiger partial charge on any atom is -0.450 e. The molecule has 3 amide bonds. The minimum absolute atomic E-state index is 0.160. The molecule has 7 nitrogen and oxygen atoms in total. The molecule has 0 aromatic carbocycles. The topological polar surface area (TPSA) is 97.4 Å². The lowest BCUT2D eigenvalue weighted by molar-refractivity contribution is 0.0926. The molecule has 3 aromatic heterocycles. The van der Waals surface area contributed by atoms with Crippen molar-refractivity contribution in [1.82, 2.24) is 10.3 Å². The lowest BCUT2D eigenvalue weighted by Gasteiger charge is -2.06. The van der Waals surface area contributed by atoms with Gasteiger partial charge in [0.2, 0.25) is 0 Å². The fourth-order valence-electron chi connectivity index (χ4n) is 2.07. The van der Waals surface area contributed by atoms with E-state index in [1.54, 1.807) is 30.8 Å². The summed E-state index contributed by atoms with van der Waals surface area (Å²) >= 11 is 2.53. The summed E-state index contributed by atoms with van der Waals surface area (Å²) in [6.45, 7) is 1.80. The van der Waals surface area contributed by atoms with Crippen LogP contribution in [0.1, 0.15) is 27.0 Å². The zero-order valence-electron chi connectivity index (χ0n) is 13.1. The van der Waals surface area contributed by atoms with Gasteiger partial charge in [-0.3, -0.25) is 19.9 Å². The number of hydrogen-bond acceptors (Lipinski definition) is 7. The van der Waals surface area contributed by atoms with Crippen LogP contribution < -0.4 is 10.6 Å². The molecule has 0 unspecified atom stereocenters. The molecule has 9 heteroatoms. The SMILES string of the molecule is CCOC(=O)NC(=O)c1ccsc1NC(=O)c1cc2cnccc2s1. The number of imide groups is 1. The molecule has 0 saturated carbocycles. The van der Waals surface area contributed by atoms with Crippen molar-refractivity contribution < 1.29 is 19.1 Å². The number of ether oxygens (including phenoxy) is 1. The molecule has 25 heavy (non-hydrogen) atoms. The molecule has 0 atom stereocenters. The number of fused-ring (bicyclic) bond motifs is 1.